The van der Waals surface area contributed by atoms with Crippen molar-refractivity contribution in [2.75, 3.05) is 13.2 Å². The molecule has 2 heterocycles. The SMILES string of the molecule is CCOC(=O)c1c2c(nn1C)CCN(C(=O)c1cccc3ccccc13)C2. The lowest BCUT2D eigenvalue weighted by atomic mass is 10.0. The van der Waals surface area contributed by atoms with Gasteiger partial charge in [0.25, 0.3) is 5.91 Å². The smallest absolute Gasteiger partial charge is 0.356 e. The van der Waals surface area contributed by atoms with Crippen LogP contribution in [-0.4, -0.2) is 39.7 Å². The van der Waals surface area contributed by atoms with E-state index in [0.29, 0.717) is 37.4 Å². The molecular formula is C21H21N3O3. The molecule has 0 saturated heterocycles. The van der Waals surface area contributed by atoms with E-state index in [-0.39, 0.29) is 5.91 Å². The molecule has 0 unspecified atom stereocenters. The second-order valence-electron chi connectivity index (χ2n) is 6.62. The molecule has 0 atom stereocenters. The number of amides is 1. The van der Waals surface area contributed by atoms with Gasteiger partial charge >= 0.3 is 5.97 Å². The predicted octanol–water partition coefficient (Wildman–Crippen LogP) is 2.95. The Morgan fingerprint density at radius 3 is 2.74 bits per heavy atom. The normalized spacial score (nSPS) is 13.5. The molecule has 1 amide bonds. The van der Waals surface area contributed by atoms with Gasteiger partial charge < -0.3 is 9.64 Å². The Kier molecular flexibility index (Phi) is 4.39. The molecular weight excluding hydrogens is 342 g/mol. The minimum atomic E-state index is -0.395. The lowest BCUT2D eigenvalue weighted by Gasteiger charge is -2.27. The number of fused-ring (bicyclic) bond motifs is 2. The summed E-state index contributed by atoms with van der Waals surface area (Å²) >= 11 is 0. The zero-order valence-electron chi connectivity index (χ0n) is 15.4. The molecule has 0 N–H and O–H groups in total. The fraction of sp³-hybridized carbons (Fsp3) is 0.286. The molecule has 6 heteroatoms. The monoisotopic (exact) mass is 363 g/mol. The average molecular weight is 363 g/mol. The summed E-state index contributed by atoms with van der Waals surface area (Å²) in [6, 6.07) is 13.6. The number of rotatable bonds is 3. The zero-order valence-corrected chi connectivity index (χ0v) is 15.4. The van der Waals surface area contributed by atoms with Crippen molar-refractivity contribution >= 4 is 22.6 Å². The minimum absolute atomic E-state index is 0.0314. The molecule has 0 fully saturated rings. The number of ether oxygens (including phenoxy) is 1. The summed E-state index contributed by atoms with van der Waals surface area (Å²) in [5, 5.41) is 6.42. The molecule has 0 radical (unpaired) electrons. The molecule has 0 saturated carbocycles. The lowest BCUT2D eigenvalue weighted by molar-refractivity contribution is 0.0508. The molecule has 138 valence electrons. The van der Waals surface area contributed by atoms with Gasteiger partial charge in [-0.3, -0.25) is 9.48 Å². The van der Waals surface area contributed by atoms with Crippen LogP contribution >= 0.6 is 0 Å². The number of carbonyl (C=O) groups is 2. The van der Waals surface area contributed by atoms with Gasteiger partial charge in [-0.05, 0) is 23.8 Å². The second kappa shape index (κ2) is 6.87. The van der Waals surface area contributed by atoms with Crippen molar-refractivity contribution in [2.24, 2.45) is 7.05 Å². The van der Waals surface area contributed by atoms with Crippen LogP contribution in [0.2, 0.25) is 0 Å². The highest BCUT2D eigenvalue weighted by Gasteiger charge is 2.30. The number of hydrogen-bond donors (Lipinski definition) is 0. The van der Waals surface area contributed by atoms with Crippen LogP contribution in [-0.2, 0) is 24.8 Å². The van der Waals surface area contributed by atoms with E-state index in [2.05, 4.69) is 5.10 Å². The van der Waals surface area contributed by atoms with Gasteiger partial charge in [-0.2, -0.15) is 5.10 Å². The highest BCUT2D eigenvalue weighted by molar-refractivity contribution is 6.07. The van der Waals surface area contributed by atoms with Crippen molar-refractivity contribution in [1.29, 1.82) is 0 Å². The van der Waals surface area contributed by atoms with E-state index in [1.807, 2.05) is 42.5 Å². The van der Waals surface area contributed by atoms with Gasteiger partial charge in [-0.1, -0.05) is 36.4 Å². The maximum Gasteiger partial charge on any atom is 0.356 e. The second-order valence-corrected chi connectivity index (χ2v) is 6.62. The van der Waals surface area contributed by atoms with E-state index in [0.717, 1.165) is 22.0 Å². The van der Waals surface area contributed by atoms with Gasteiger partial charge in [-0.15, -0.1) is 0 Å². The number of hydrogen-bond acceptors (Lipinski definition) is 4. The third-order valence-corrected chi connectivity index (χ3v) is 4.97. The zero-order chi connectivity index (χ0) is 19.0. The summed E-state index contributed by atoms with van der Waals surface area (Å²) in [5.74, 6) is -0.427. The van der Waals surface area contributed by atoms with Crippen LogP contribution < -0.4 is 0 Å². The fourth-order valence-corrected chi connectivity index (χ4v) is 3.71. The van der Waals surface area contributed by atoms with Crippen molar-refractivity contribution < 1.29 is 14.3 Å². The van der Waals surface area contributed by atoms with Crippen LogP contribution in [0.5, 0.6) is 0 Å². The molecule has 1 aromatic heterocycles. The highest BCUT2D eigenvalue weighted by atomic mass is 16.5. The van der Waals surface area contributed by atoms with E-state index in [1.165, 1.54) is 0 Å². The third kappa shape index (κ3) is 2.97. The Bertz CT molecular complexity index is 1030. The molecule has 0 spiro atoms. The van der Waals surface area contributed by atoms with Crippen LogP contribution in [0.25, 0.3) is 10.8 Å². The van der Waals surface area contributed by atoms with Gasteiger partial charge in [0.1, 0.15) is 0 Å². The van der Waals surface area contributed by atoms with Crippen molar-refractivity contribution in [2.45, 2.75) is 19.9 Å². The first-order valence-corrected chi connectivity index (χ1v) is 9.09. The Balaban J connectivity index is 1.68. The number of nitrogens with zero attached hydrogens (tertiary/aromatic N) is 3. The molecule has 0 aliphatic carbocycles. The largest absolute Gasteiger partial charge is 0.461 e. The van der Waals surface area contributed by atoms with Crippen LogP contribution in [0.15, 0.2) is 42.5 Å². The third-order valence-electron chi connectivity index (χ3n) is 4.97. The Labute approximate surface area is 157 Å². The minimum Gasteiger partial charge on any atom is -0.461 e. The lowest BCUT2D eigenvalue weighted by Crippen LogP contribution is -2.36. The first-order valence-electron chi connectivity index (χ1n) is 9.09. The van der Waals surface area contributed by atoms with Crippen LogP contribution in [0.1, 0.15) is 39.0 Å². The summed E-state index contributed by atoms with van der Waals surface area (Å²) in [6.45, 7) is 3.02. The van der Waals surface area contributed by atoms with Crippen molar-refractivity contribution in [3.05, 3.63) is 65.0 Å². The van der Waals surface area contributed by atoms with Gasteiger partial charge in [0, 0.05) is 31.1 Å². The van der Waals surface area contributed by atoms with Crippen molar-refractivity contribution in [3.8, 4) is 0 Å². The van der Waals surface area contributed by atoms with E-state index in [4.69, 9.17) is 4.74 Å². The Morgan fingerprint density at radius 2 is 1.93 bits per heavy atom. The molecule has 4 rings (SSSR count). The van der Waals surface area contributed by atoms with Crippen molar-refractivity contribution in [3.63, 3.8) is 0 Å². The quantitative estimate of drug-likeness (QED) is 0.671. The number of carbonyl (C=O) groups excluding carboxylic acids is 2. The number of aryl methyl sites for hydroxylation is 1. The Morgan fingerprint density at radius 1 is 1.15 bits per heavy atom. The number of esters is 1. The average Bonchev–Trinajstić information content (AvgIpc) is 3.02. The highest BCUT2D eigenvalue weighted by Crippen LogP contribution is 2.26. The van der Waals surface area contributed by atoms with Gasteiger partial charge in [0.05, 0.1) is 18.8 Å². The number of benzene rings is 2. The van der Waals surface area contributed by atoms with Gasteiger partial charge in [-0.25, -0.2) is 4.79 Å². The topological polar surface area (TPSA) is 64.4 Å². The molecule has 1 aliphatic heterocycles. The fourth-order valence-electron chi connectivity index (χ4n) is 3.71. The van der Waals surface area contributed by atoms with Crippen LogP contribution in [0.3, 0.4) is 0 Å². The Hall–Kier alpha value is -3.15. The van der Waals surface area contributed by atoms with Crippen molar-refractivity contribution in [1.82, 2.24) is 14.7 Å². The van der Waals surface area contributed by atoms with E-state index in [9.17, 15) is 9.59 Å². The first kappa shape index (κ1) is 17.3. The van der Waals surface area contributed by atoms with Gasteiger partial charge in [0.2, 0.25) is 0 Å². The summed E-state index contributed by atoms with van der Waals surface area (Å²) < 4.78 is 6.73. The van der Waals surface area contributed by atoms with Crippen LogP contribution in [0.4, 0.5) is 0 Å². The predicted molar refractivity (Wildman–Crippen MR) is 102 cm³/mol. The molecule has 0 bridgehead atoms. The molecule has 2 aromatic carbocycles. The summed E-state index contributed by atoms with van der Waals surface area (Å²) in [4.78, 5) is 27.3. The first-order chi connectivity index (χ1) is 13.1. The van der Waals surface area contributed by atoms with Gasteiger partial charge in [0.15, 0.2) is 5.69 Å². The van der Waals surface area contributed by atoms with E-state index in [1.54, 1.807) is 23.6 Å². The van der Waals surface area contributed by atoms with E-state index >= 15 is 0 Å². The molecule has 1 aliphatic rings. The maximum atomic E-state index is 13.2. The van der Waals surface area contributed by atoms with E-state index < -0.39 is 5.97 Å². The summed E-state index contributed by atoms with van der Waals surface area (Å²) in [6.07, 6.45) is 0.624. The standard InChI is InChI=1S/C21H21N3O3/c1-3-27-21(26)19-17-13-24(12-11-18(17)22-23(19)2)20(25)16-10-6-8-14-7-4-5-9-15(14)16/h4-10H,3,11-13H2,1-2H3. The maximum absolute atomic E-state index is 13.2. The molecule has 6 nitrogen and oxygen atoms in total. The summed E-state index contributed by atoms with van der Waals surface area (Å²) in [7, 11) is 1.74. The molecule has 27 heavy (non-hydrogen) atoms. The number of aromatic nitrogens is 2. The summed E-state index contributed by atoms with van der Waals surface area (Å²) in [5.41, 5.74) is 2.76. The van der Waals surface area contributed by atoms with Crippen LogP contribution in [0, 0.1) is 0 Å². The molecule has 3 aromatic rings.